The molecule has 3 aromatic rings. The second kappa shape index (κ2) is 13.3. The van der Waals surface area contributed by atoms with E-state index in [0.29, 0.717) is 19.6 Å². The van der Waals surface area contributed by atoms with Gasteiger partial charge in [-0.15, -0.1) is 0 Å². The van der Waals surface area contributed by atoms with E-state index in [2.05, 4.69) is 39.5 Å². The van der Waals surface area contributed by atoms with Gasteiger partial charge in [-0.2, -0.15) is 0 Å². The largest absolute Gasteiger partial charge is 0.361 e. The Morgan fingerprint density at radius 1 is 0.956 bits per heavy atom. The third-order valence-corrected chi connectivity index (χ3v) is 10.1. The lowest BCUT2D eigenvalue weighted by atomic mass is 9.73. The molecule has 0 radical (unpaired) electrons. The summed E-state index contributed by atoms with van der Waals surface area (Å²) in [6.07, 6.45) is 4.31. The van der Waals surface area contributed by atoms with Crippen LogP contribution in [0.25, 0.3) is 10.9 Å². The van der Waals surface area contributed by atoms with E-state index < -0.39 is 6.04 Å². The van der Waals surface area contributed by atoms with E-state index in [-0.39, 0.29) is 41.1 Å². The Hall–Kier alpha value is -3.85. The molecule has 2 heterocycles. The van der Waals surface area contributed by atoms with Crippen molar-refractivity contribution in [3.05, 3.63) is 71.4 Å². The highest BCUT2D eigenvalue weighted by atomic mass is 16.2. The lowest BCUT2D eigenvalue weighted by Gasteiger charge is -2.42. The summed E-state index contributed by atoms with van der Waals surface area (Å²) in [6, 6.07) is 15.5. The number of hydrogen-bond donors (Lipinski definition) is 2. The maximum absolute atomic E-state index is 14.5. The van der Waals surface area contributed by atoms with Crippen molar-refractivity contribution in [1.82, 2.24) is 29.9 Å². The van der Waals surface area contributed by atoms with Crippen molar-refractivity contribution >= 4 is 28.7 Å². The summed E-state index contributed by atoms with van der Waals surface area (Å²) in [5.74, 6) is -0.334. The summed E-state index contributed by atoms with van der Waals surface area (Å²) in [6.45, 7) is 8.51. The first-order valence-electron chi connectivity index (χ1n) is 16.3. The summed E-state index contributed by atoms with van der Waals surface area (Å²) in [7, 11) is 7.63. The molecule has 2 aliphatic rings. The van der Waals surface area contributed by atoms with Crippen LogP contribution in [0.5, 0.6) is 0 Å². The Labute approximate surface area is 267 Å². The first kappa shape index (κ1) is 32.5. The molecule has 1 aliphatic carbocycles. The summed E-state index contributed by atoms with van der Waals surface area (Å²) in [4.78, 5) is 52.3. The van der Waals surface area contributed by atoms with Crippen molar-refractivity contribution in [1.29, 1.82) is 0 Å². The number of nitrogens with one attached hydrogen (secondary N) is 2. The molecule has 1 aliphatic heterocycles. The van der Waals surface area contributed by atoms with E-state index in [1.807, 2.05) is 89.2 Å². The van der Waals surface area contributed by atoms with Crippen molar-refractivity contribution in [3.8, 4) is 0 Å². The van der Waals surface area contributed by atoms with Gasteiger partial charge in [0.1, 0.15) is 6.04 Å². The number of rotatable bonds is 9. The maximum atomic E-state index is 14.5. The second-order valence-electron chi connectivity index (χ2n) is 13.8. The molecular formula is C36H50N6O3. The molecule has 242 valence electrons. The van der Waals surface area contributed by atoms with Gasteiger partial charge >= 0.3 is 6.03 Å². The summed E-state index contributed by atoms with van der Waals surface area (Å²) >= 11 is 0. The molecule has 4 amide bonds. The Balaban J connectivity index is 1.40. The minimum absolute atomic E-state index is 0.0146. The molecule has 2 N–H and O–H groups in total. The lowest BCUT2D eigenvalue weighted by molar-refractivity contribution is -0.136. The molecule has 0 unspecified atom stereocenters. The van der Waals surface area contributed by atoms with Crippen LogP contribution < -0.4 is 5.32 Å². The molecule has 5 rings (SSSR count). The molecule has 0 bridgehead atoms. The van der Waals surface area contributed by atoms with Crippen LogP contribution in [0.2, 0.25) is 0 Å². The molecule has 0 saturated carbocycles. The topological polar surface area (TPSA) is 92.0 Å². The van der Waals surface area contributed by atoms with Gasteiger partial charge in [-0.05, 0) is 70.0 Å². The average Bonchev–Trinajstić information content (AvgIpc) is 3.59. The van der Waals surface area contributed by atoms with Gasteiger partial charge in [-0.3, -0.25) is 9.59 Å². The second-order valence-corrected chi connectivity index (χ2v) is 13.8. The number of carbonyl (C=O) groups is 3. The van der Waals surface area contributed by atoms with Crippen molar-refractivity contribution < 1.29 is 14.4 Å². The van der Waals surface area contributed by atoms with Crippen LogP contribution in [-0.4, -0.2) is 109 Å². The summed E-state index contributed by atoms with van der Waals surface area (Å²) < 4.78 is 0. The van der Waals surface area contributed by atoms with Crippen LogP contribution in [0.15, 0.2) is 54.7 Å². The van der Waals surface area contributed by atoms with E-state index in [1.165, 1.54) is 5.56 Å². The fourth-order valence-electron chi connectivity index (χ4n) is 7.42. The number of aromatic amines is 1. The van der Waals surface area contributed by atoms with Gasteiger partial charge in [-0.1, -0.05) is 49.4 Å². The van der Waals surface area contributed by atoms with Crippen molar-refractivity contribution in [2.45, 2.75) is 69.4 Å². The monoisotopic (exact) mass is 614 g/mol. The molecule has 1 aromatic heterocycles. The van der Waals surface area contributed by atoms with Crippen LogP contribution in [-0.2, 0) is 15.0 Å². The van der Waals surface area contributed by atoms with E-state index in [0.717, 1.165) is 47.8 Å². The summed E-state index contributed by atoms with van der Waals surface area (Å²) in [5.41, 5.74) is 4.26. The zero-order valence-corrected chi connectivity index (χ0v) is 28.0. The van der Waals surface area contributed by atoms with Crippen LogP contribution in [0, 0.1) is 0 Å². The molecule has 45 heavy (non-hydrogen) atoms. The van der Waals surface area contributed by atoms with Crippen molar-refractivity contribution in [2.75, 3.05) is 54.4 Å². The number of amides is 4. The first-order valence-corrected chi connectivity index (χ1v) is 16.3. The van der Waals surface area contributed by atoms with E-state index in [1.54, 1.807) is 4.90 Å². The van der Waals surface area contributed by atoms with Crippen molar-refractivity contribution in [2.24, 2.45) is 0 Å². The lowest BCUT2D eigenvalue weighted by Crippen LogP contribution is -2.57. The molecule has 9 nitrogen and oxygen atoms in total. The number of para-hydroxylation sites is 1. The van der Waals surface area contributed by atoms with Gasteiger partial charge in [0.15, 0.2) is 0 Å². The summed E-state index contributed by atoms with van der Waals surface area (Å²) in [5, 5.41) is 4.25. The van der Waals surface area contributed by atoms with Crippen LogP contribution in [0.1, 0.15) is 68.6 Å². The zero-order chi connectivity index (χ0) is 32.5. The molecule has 1 fully saturated rings. The number of benzene rings is 2. The van der Waals surface area contributed by atoms with Gasteiger partial charge in [0.05, 0.1) is 5.92 Å². The van der Waals surface area contributed by atoms with E-state index in [4.69, 9.17) is 0 Å². The quantitative estimate of drug-likeness (QED) is 0.364. The average molecular weight is 615 g/mol. The van der Waals surface area contributed by atoms with Crippen LogP contribution in [0.3, 0.4) is 0 Å². The third kappa shape index (κ3) is 6.45. The van der Waals surface area contributed by atoms with Crippen LogP contribution in [0.4, 0.5) is 4.79 Å². The van der Waals surface area contributed by atoms with Crippen LogP contribution >= 0.6 is 0 Å². The molecule has 2 aromatic carbocycles. The number of piperidine rings is 1. The number of aromatic nitrogens is 1. The predicted octanol–water partition coefficient (Wildman–Crippen LogP) is 4.76. The Morgan fingerprint density at radius 3 is 2.29 bits per heavy atom. The maximum Gasteiger partial charge on any atom is 0.318 e. The highest BCUT2D eigenvalue weighted by molar-refractivity contribution is 5.91. The standard InChI is InChI=1S/C36H50N6O3/c1-24(2)42(21-20-39(4)5)35(45)38-32(25(3)29-23-37-31-15-11-9-13-27(29)31)34(44)41-18-16-36(17-19-41)22-28(33(43)40(6)7)26-12-8-10-14-30(26)36/h8-15,23-25,28,32,37H,16-22H2,1-7H3,(H,38,45)/t25-,28-,32-/m1/s1. The first-order chi connectivity index (χ1) is 21.4. The Morgan fingerprint density at radius 2 is 1.62 bits per heavy atom. The van der Waals surface area contributed by atoms with Crippen molar-refractivity contribution in [3.63, 3.8) is 0 Å². The molecule has 9 heteroatoms. The minimum atomic E-state index is -0.731. The van der Waals surface area contributed by atoms with E-state index >= 15 is 0 Å². The van der Waals surface area contributed by atoms with Gasteiger partial charge in [-0.25, -0.2) is 4.79 Å². The fourth-order valence-corrected chi connectivity index (χ4v) is 7.42. The smallest absolute Gasteiger partial charge is 0.318 e. The molecule has 3 atom stereocenters. The number of carbonyl (C=O) groups excluding carboxylic acids is 3. The number of nitrogens with zero attached hydrogens (tertiary/aromatic N) is 4. The Bertz CT molecular complexity index is 1520. The molecule has 1 spiro atoms. The molecular weight excluding hydrogens is 564 g/mol. The van der Waals surface area contributed by atoms with Gasteiger partial charge in [0.2, 0.25) is 11.8 Å². The minimum Gasteiger partial charge on any atom is -0.361 e. The molecule has 1 saturated heterocycles. The van der Waals surface area contributed by atoms with Gasteiger partial charge in [0.25, 0.3) is 0 Å². The highest BCUT2D eigenvalue weighted by Gasteiger charge is 2.49. The number of H-pyrrole nitrogens is 1. The number of likely N-dealkylation sites (N-methyl/N-ethyl adjacent to an activating group) is 2. The number of fused-ring (bicyclic) bond motifs is 3. The number of urea groups is 1. The van der Waals surface area contributed by atoms with Gasteiger partial charge < -0.3 is 29.9 Å². The highest BCUT2D eigenvalue weighted by Crippen LogP contribution is 2.52. The normalized spacial score (nSPS) is 18.7. The fraction of sp³-hybridized carbons (Fsp3) is 0.528. The predicted molar refractivity (Wildman–Crippen MR) is 179 cm³/mol. The zero-order valence-electron chi connectivity index (χ0n) is 28.0. The number of hydrogen-bond acceptors (Lipinski definition) is 4. The van der Waals surface area contributed by atoms with Gasteiger partial charge in [0, 0.05) is 74.7 Å². The Kier molecular flexibility index (Phi) is 9.58. The third-order valence-electron chi connectivity index (χ3n) is 10.1. The van der Waals surface area contributed by atoms with E-state index in [9.17, 15) is 14.4 Å². The number of likely N-dealkylation sites (tertiary alicyclic amines) is 1. The SMILES string of the molecule is CC(C)N(CCN(C)C)C(=O)N[C@@H](C(=O)N1CCC2(CC1)C[C@@H](C(=O)N(C)C)c1ccccc12)[C@H](C)c1c[nH]c2ccccc12.